The van der Waals surface area contributed by atoms with Crippen LogP contribution in [0, 0.1) is 0 Å². The average molecular weight is 348 g/mol. The summed E-state index contributed by atoms with van der Waals surface area (Å²) in [5.74, 6) is 0. The van der Waals surface area contributed by atoms with Gasteiger partial charge >= 0.3 is 6.03 Å². The predicted octanol–water partition coefficient (Wildman–Crippen LogP) is 1.34. The number of anilines is 1. The van der Waals surface area contributed by atoms with Crippen molar-refractivity contribution < 1.29 is 13.2 Å². The Labute approximate surface area is 120 Å². The number of carbonyl (C=O) groups excluding carboxylic acids is 1. The molecule has 104 valence electrons. The maximum absolute atomic E-state index is 11.9. The number of nitrogens with zero attached hydrogens (tertiary/aromatic N) is 1. The van der Waals surface area contributed by atoms with E-state index in [-0.39, 0.29) is 12.6 Å². The fourth-order valence-electron chi connectivity index (χ4n) is 1.92. The summed E-state index contributed by atoms with van der Waals surface area (Å²) in [5, 5.41) is 7.13. The van der Waals surface area contributed by atoms with E-state index in [1.807, 2.05) is 12.1 Å². The van der Waals surface area contributed by atoms with Crippen molar-refractivity contribution in [3.63, 3.8) is 0 Å². The van der Waals surface area contributed by atoms with Crippen LogP contribution in [0.3, 0.4) is 0 Å². The highest BCUT2D eigenvalue weighted by Gasteiger charge is 2.33. The molecule has 0 aromatic heterocycles. The first-order valence-electron chi connectivity index (χ1n) is 5.69. The number of nitrogens with two attached hydrogens (primary N) is 1. The van der Waals surface area contributed by atoms with Crippen molar-refractivity contribution >= 4 is 37.7 Å². The van der Waals surface area contributed by atoms with E-state index >= 15 is 0 Å². The zero-order chi connectivity index (χ0) is 14.0. The summed E-state index contributed by atoms with van der Waals surface area (Å²) in [4.78, 5) is 13.4. The summed E-state index contributed by atoms with van der Waals surface area (Å²) in [6, 6.07) is 6.83. The molecule has 0 aliphatic carbocycles. The SMILES string of the molecule is NS(=O)(=O)[C@H]1CCN(C(=O)Nc2ccc(Br)cc2)C1. The normalized spacial score (nSPS) is 19.5. The molecule has 19 heavy (non-hydrogen) atoms. The molecule has 0 bridgehead atoms. The Balaban J connectivity index is 1.97. The minimum atomic E-state index is -3.58. The number of hydrogen-bond acceptors (Lipinski definition) is 3. The van der Waals surface area contributed by atoms with E-state index < -0.39 is 15.3 Å². The van der Waals surface area contributed by atoms with Crippen LogP contribution in [0.4, 0.5) is 10.5 Å². The quantitative estimate of drug-likeness (QED) is 0.845. The van der Waals surface area contributed by atoms with Crippen LogP contribution in [-0.4, -0.2) is 37.7 Å². The third kappa shape index (κ3) is 3.68. The van der Waals surface area contributed by atoms with E-state index in [4.69, 9.17) is 5.14 Å². The molecule has 1 fully saturated rings. The smallest absolute Gasteiger partial charge is 0.321 e. The van der Waals surface area contributed by atoms with Gasteiger partial charge in [0.25, 0.3) is 0 Å². The Hall–Kier alpha value is -1.12. The van der Waals surface area contributed by atoms with Crippen molar-refractivity contribution in [2.45, 2.75) is 11.7 Å². The molecule has 3 N–H and O–H groups in total. The number of rotatable bonds is 2. The molecule has 1 aliphatic heterocycles. The third-order valence-electron chi connectivity index (χ3n) is 2.99. The molecule has 2 rings (SSSR count). The van der Waals surface area contributed by atoms with Crippen LogP contribution in [0.15, 0.2) is 28.7 Å². The summed E-state index contributed by atoms with van der Waals surface area (Å²) in [6.07, 6.45) is 0.382. The summed E-state index contributed by atoms with van der Waals surface area (Å²) in [5.41, 5.74) is 0.659. The van der Waals surface area contributed by atoms with Crippen molar-refractivity contribution in [3.05, 3.63) is 28.7 Å². The summed E-state index contributed by atoms with van der Waals surface area (Å²) < 4.78 is 23.3. The largest absolute Gasteiger partial charge is 0.323 e. The molecule has 8 heteroatoms. The van der Waals surface area contributed by atoms with Gasteiger partial charge in [0.2, 0.25) is 10.0 Å². The number of amides is 2. The molecule has 6 nitrogen and oxygen atoms in total. The fourth-order valence-corrected chi connectivity index (χ4v) is 3.00. The average Bonchev–Trinajstić information content (AvgIpc) is 2.81. The van der Waals surface area contributed by atoms with E-state index in [0.29, 0.717) is 18.7 Å². The van der Waals surface area contributed by atoms with Gasteiger partial charge in [-0.1, -0.05) is 15.9 Å². The topological polar surface area (TPSA) is 92.5 Å². The maximum atomic E-state index is 11.9. The molecule has 1 atom stereocenters. The maximum Gasteiger partial charge on any atom is 0.321 e. The second-order valence-corrected chi connectivity index (χ2v) is 7.14. The van der Waals surface area contributed by atoms with E-state index in [9.17, 15) is 13.2 Å². The molecular formula is C11H14BrN3O3S. The van der Waals surface area contributed by atoms with Gasteiger partial charge < -0.3 is 10.2 Å². The van der Waals surface area contributed by atoms with Gasteiger partial charge in [0.05, 0.1) is 5.25 Å². The van der Waals surface area contributed by atoms with Crippen LogP contribution in [0.25, 0.3) is 0 Å². The number of sulfonamides is 1. The highest BCUT2D eigenvalue weighted by atomic mass is 79.9. The molecular weight excluding hydrogens is 334 g/mol. The highest BCUT2D eigenvalue weighted by molar-refractivity contribution is 9.10. The molecule has 2 amide bonds. The Kier molecular flexibility index (Phi) is 4.12. The van der Waals surface area contributed by atoms with Gasteiger partial charge in [-0.25, -0.2) is 18.4 Å². The minimum absolute atomic E-state index is 0.140. The number of hydrogen-bond donors (Lipinski definition) is 2. The van der Waals surface area contributed by atoms with Crippen LogP contribution < -0.4 is 10.5 Å². The van der Waals surface area contributed by atoms with Crippen molar-refractivity contribution in [1.82, 2.24) is 4.90 Å². The lowest BCUT2D eigenvalue weighted by molar-refractivity contribution is 0.222. The number of halogens is 1. The van der Waals surface area contributed by atoms with Gasteiger partial charge in [-0.2, -0.15) is 0 Å². The molecule has 1 saturated heterocycles. The second kappa shape index (κ2) is 5.48. The fraction of sp³-hybridized carbons (Fsp3) is 0.364. The summed E-state index contributed by atoms with van der Waals surface area (Å²) in [6.45, 7) is 0.532. The summed E-state index contributed by atoms with van der Waals surface area (Å²) >= 11 is 3.30. The van der Waals surface area contributed by atoms with Crippen LogP contribution in [-0.2, 0) is 10.0 Å². The number of primary sulfonamides is 1. The molecule has 1 aromatic rings. The predicted molar refractivity (Wildman–Crippen MR) is 76.2 cm³/mol. The van der Waals surface area contributed by atoms with Crippen LogP contribution in [0.5, 0.6) is 0 Å². The van der Waals surface area contributed by atoms with Crippen molar-refractivity contribution in [1.29, 1.82) is 0 Å². The number of nitrogens with one attached hydrogen (secondary N) is 1. The lowest BCUT2D eigenvalue weighted by Gasteiger charge is -2.17. The minimum Gasteiger partial charge on any atom is -0.323 e. The van der Waals surface area contributed by atoms with Gasteiger partial charge in [-0.15, -0.1) is 0 Å². The molecule has 0 spiro atoms. The van der Waals surface area contributed by atoms with Gasteiger partial charge in [0, 0.05) is 23.2 Å². The lowest BCUT2D eigenvalue weighted by atomic mass is 10.3. The molecule has 0 unspecified atom stereocenters. The van der Waals surface area contributed by atoms with E-state index in [1.165, 1.54) is 4.90 Å². The van der Waals surface area contributed by atoms with Gasteiger partial charge in [-0.05, 0) is 30.7 Å². The van der Waals surface area contributed by atoms with Crippen LogP contribution >= 0.6 is 15.9 Å². The van der Waals surface area contributed by atoms with Crippen LogP contribution in [0.1, 0.15) is 6.42 Å². The Morgan fingerprint density at radius 2 is 2.00 bits per heavy atom. The molecule has 0 saturated carbocycles. The first kappa shape index (κ1) is 14.3. The molecule has 1 aliphatic rings. The zero-order valence-corrected chi connectivity index (χ0v) is 12.4. The monoisotopic (exact) mass is 347 g/mol. The Morgan fingerprint density at radius 3 is 2.53 bits per heavy atom. The Morgan fingerprint density at radius 1 is 1.37 bits per heavy atom. The van der Waals surface area contributed by atoms with Gasteiger partial charge in [-0.3, -0.25) is 0 Å². The van der Waals surface area contributed by atoms with Crippen molar-refractivity contribution in [2.75, 3.05) is 18.4 Å². The van der Waals surface area contributed by atoms with Gasteiger partial charge in [0.1, 0.15) is 0 Å². The first-order chi connectivity index (χ1) is 8.86. The molecule has 1 aromatic carbocycles. The van der Waals surface area contributed by atoms with Crippen molar-refractivity contribution in [2.24, 2.45) is 5.14 Å². The molecule has 1 heterocycles. The molecule has 0 radical (unpaired) electrons. The first-order valence-corrected chi connectivity index (χ1v) is 8.09. The van der Waals surface area contributed by atoms with Crippen molar-refractivity contribution in [3.8, 4) is 0 Å². The van der Waals surface area contributed by atoms with Crippen LogP contribution in [0.2, 0.25) is 0 Å². The van der Waals surface area contributed by atoms with E-state index in [2.05, 4.69) is 21.2 Å². The number of carbonyl (C=O) groups is 1. The number of likely N-dealkylation sites (tertiary alicyclic amines) is 1. The van der Waals surface area contributed by atoms with E-state index in [0.717, 1.165) is 4.47 Å². The standard InChI is InChI=1S/C11H14BrN3O3S/c12-8-1-3-9(4-2-8)14-11(16)15-6-5-10(7-15)19(13,17)18/h1-4,10H,5-7H2,(H,14,16)(H2,13,17,18)/t10-/m0/s1. The second-order valence-electron chi connectivity index (χ2n) is 4.38. The number of benzene rings is 1. The van der Waals surface area contributed by atoms with E-state index in [1.54, 1.807) is 12.1 Å². The third-order valence-corrected chi connectivity index (χ3v) is 4.84. The van der Waals surface area contributed by atoms with Gasteiger partial charge in [0.15, 0.2) is 0 Å². The summed E-state index contributed by atoms with van der Waals surface area (Å²) in [7, 11) is -3.58. The lowest BCUT2D eigenvalue weighted by Crippen LogP contribution is -2.36. The zero-order valence-electron chi connectivity index (χ0n) is 10.0. The highest BCUT2D eigenvalue weighted by Crippen LogP contribution is 2.18. The Bertz CT molecular complexity index is 573. The number of urea groups is 1.